The van der Waals surface area contributed by atoms with E-state index in [-0.39, 0.29) is 5.54 Å². The molecule has 1 aliphatic heterocycles. The summed E-state index contributed by atoms with van der Waals surface area (Å²) in [5.74, 6) is 0. The van der Waals surface area contributed by atoms with Crippen LogP contribution in [0, 0.1) is 0 Å². The van der Waals surface area contributed by atoms with Crippen LogP contribution in [-0.2, 0) is 11.3 Å². The number of hydrogen-bond donors (Lipinski definition) is 1. The van der Waals surface area contributed by atoms with Gasteiger partial charge in [-0.25, -0.2) is 0 Å². The molecule has 17 heavy (non-hydrogen) atoms. The van der Waals surface area contributed by atoms with E-state index in [0.29, 0.717) is 10.7 Å². The van der Waals surface area contributed by atoms with Gasteiger partial charge < -0.3 is 10.5 Å². The highest BCUT2D eigenvalue weighted by Crippen LogP contribution is 2.24. The van der Waals surface area contributed by atoms with Gasteiger partial charge in [-0.2, -0.15) is 0 Å². The van der Waals surface area contributed by atoms with E-state index in [1.165, 1.54) is 5.56 Å². The molecule has 1 aromatic rings. The molecule has 0 saturated carbocycles. The van der Waals surface area contributed by atoms with Crippen molar-refractivity contribution in [3.05, 3.63) is 28.8 Å². The highest BCUT2D eigenvalue weighted by molar-refractivity contribution is 6.33. The number of ether oxygens (including phenoxy) is 1. The van der Waals surface area contributed by atoms with Crippen LogP contribution >= 0.6 is 11.6 Å². The second kappa shape index (κ2) is 4.84. The SMILES string of the molecule is CC1(C)COCCN1Cc1ccc(Cl)c(N)c1. The first kappa shape index (κ1) is 12.7. The summed E-state index contributed by atoms with van der Waals surface area (Å²) in [4.78, 5) is 2.42. The van der Waals surface area contributed by atoms with E-state index < -0.39 is 0 Å². The molecular weight excluding hydrogens is 236 g/mol. The lowest BCUT2D eigenvalue weighted by atomic mass is 10.0. The molecule has 1 fully saturated rings. The van der Waals surface area contributed by atoms with Crippen LogP contribution < -0.4 is 5.73 Å². The molecule has 1 saturated heterocycles. The number of halogens is 1. The van der Waals surface area contributed by atoms with Gasteiger partial charge in [0.05, 0.1) is 23.9 Å². The Kier molecular flexibility index (Phi) is 3.61. The Morgan fingerprint density at radius 1 is 1.47 bits per heavy atom. The van der Waals surface area contributed by atoms with Gasteiger partial charge >= 0.3 is 0 Å². The van der Waals surface area contributed by atoms with E-state index >= 15 is 0 Å². The van der Waals surface area contributed by atoms with Gasteiger partial charge in [0.1, 0.15) is 0 Å². The minimum absolute atomic E-state index is 0.0760. The lowest BCUT2D eigenvalue weighted by Gasteiger charge is -2.42. The topological polar surface area (TPSA) is 38.5 Å². The number of benzene rings is 1. The largest absolute Gasteiger partial charge is 0.398 e. The van der Waals surface area contributed by atoms with Gasteiger partial charge in [0.15, 0.2) is 0 Å². The van der Waals surface area contributed by atoms with Gasteiger partial charge in [0.25, 0.3) is 0 Å². The summed E-state index contributed by atoms with van der Waals surface area (Å²) >= 11 is 5.92. The number of rotatable bonds is 2. The van der Waals surface area contributed by atoms with Crippen molar-refractivity contribution in [3.8, 4) is 0 Å². The van der Waals surface area contributed by atoms with E-state index in [1.54, 1.807) is 0 Å². The van der Waals surface area contributed by atoms with Gasteiger partial charge in [-0.15, -0.1) is 0 Å². The molecular formula is C13H19ClN2O. The molecule has 0 bridgehead atoms. The molecule has 0 spiro atoms. The van der Waals surface area contributed by atoms with Crippen LogP contribution in [0.3, 0.4) is 0 Å². The van der Waals surface area contributed by atoms with E-state index in [0.717, 1.165) is 26.3 Å². The summed E-state index contributed by atoms with van der Waals surface area (Å²) in [5.41, 5.74) is 7.74. The minimum atomic E-state index is 0.0760. The van der Waals surface area contributed by atoms with Crippen molar-refractivity contribution >= 4 is 17.3 Å². The first-order valence-electron chi connectivity index (χ1n) is 5.86. The molecule has 0 aromatic heterocycles. The second-order valence-corrected chi connectivity index (χ2v) is 5.55. The van der Waals surface area contributed by atoms with Gasteiger partial charge in [0, 0.05) is 18.6 Å². The lowest BCUT2D eigenvalue weighted by molar-refractivity contribution is -0.0552. The molecule has 3 nitrogen and oxygen atoms in total. The third-order valence-electron chi connectivity index (χ3n) is 3.25. The standard InChI is InChI=1S/C13H19ClN2O/c1-13(2)9-17-6-5-16(13)8-10-3-4-11(14)12(15)7-10/h3-4,7H,5-6,8-9,15H2,1-2H3. The van der Waals surface area contributed by atoms with Crippen molar-refractivity contribution in [3.63, 3.8) is 0 Å². The van der Waals surface area contributed by atoms with Crippen molar-refractivity contribution in [1.82, 2.24) is 4.90 Å². The van der Waals surface area contributed by atoms with Crippen molar-refractivity contribution in [2.45, 2.75) is 25.9 Å². The normalized spacial score (nSPS) is 20.4. The highest BCUT2D eigenvalue weighted by atomic mass is 35.5. The van der Waals surface area contributed by atoms with E-state index in [1.807, 2.05) is 18.2 Å². The van der Waals surface area contributed by atoms with Gasteiger partial charge in [-0.05, 0) is 31.5 Å². The number of hydrogen-bond acceptors (Lipinski definition) is 3. The summed E-state index contributed by atoms with van der Waals surface area (Å²) in [6.45, 7) is 7.81. The van der Waals surface area contributed by atoms with Crippen LogP contribution in [0.5, 0.6) is 0 Å². The van der Waals surface area contributed by atoms with Crippen molar-refractivity contribution in [2.75, 3.05) is 25.5 Å². The molecule has 0 atom stereocenters. The first-order valence-corrected chi connectivity index (χ1v) is 6.23. The Balaban J connectivity index is 2.11. The minimum Gasteiger partial charge on any atom is -0.398 e. The average Bonchev–Trinajstić information content (AvgIpc) is 2.26. The van der Waals surface area contributed by atoms with Crippen molar-refractivity contribution < 1.29 is 4.74 Å². The summed E-state index contributed by atoms with van der Waals surface area (Å²) < 4.78 is 5.51. The molecule has 1 aliphatic rings. The Hall–Kier alpha value is -0.770. The first-order chi connectivity index (χ1) is 7.99. The fourth-order valence-corrected chi connectivity index (χ4v) is 2.21. The van der Waals surface area contributed by atoms with Crippen molar-refractivity contribution in [2.24, 2.45) is 0 Å². The van der Waals surface area contributed by atoms with Gasteiger partial charge in [0.2, 0.25) is 0 Å². The summed E-state index contributed by atoms with van der Waals surface area (Å²) in [7, 11) is 0. The molecule has 0 unspecified atom stereocenters. The molecule has 0 amide bonds. The quantitative estimate of drug-likeness (QED) is 0.825. The molecule has 94 valence electrons. The van der Waals surface area contributed by atoms with E-state index in [4.69, 9.17) is 22.1 Å². The zero-order valence-electron chi connectivity index (χ0n) is 10.4. The fraction of sp³-hybridized carbons (Fsp3) is 0.538. The zero-order chi connectivity index (χ0) is 12.5. The summed E-state index contributed by atoms with van der Waals surface area (Å²) in [6, 6.07) is 5.85. The maximum atomic E-state index is 5.92. The molecule has 0 radical (unpaired) electrons. The monoisotopic (exact) mass is 254 g/mol. The van der Waals surface area contributed by atoms with Gasteiger partial charge in [-0.1, -0.05) is 17.7 Å². The van der Waals surface area contributed by atoms with Crippen LogP contribution in [0.15, 0.2) is 18.2 Å². The number of anilines is 1. The molecule has 1 aromatic carbocycles. The van der Waals surface area contributed by atoms with Crippen LogP contribution in [0.25, 0.3) is 0 Å². The predicted octanol–water partition coefficient (Wildman–Crippen LogP) is 2.53. The number of nitrogen functional groups attached to an aromatic ring is 1. The third-order valence-corrected chi connectivity index (χ3v) is 3.59. The molecule has 0 aliphatic carbocycles. The summed E-state index contributed by atoms with van der Waals surface area (Å²) in [6.07, 6.45) is 0. The molecule has 2 N–H and O–H groups in total. The van der Waals surface area contributed by atoms with Crippen LogP contribution in [0.2, 0.25) is 5.02 Å². The smallest absolute Gasteiger partial charge is 0.0645 e. The maximum absolute atomic E-state index is 5.92. The molecule has 4 heteroatoms. The number of nitrogens with two attached hydrogens (primary N) is 1. The Bertz CT molecular complexity index is 406. The number of morpholine rings is 1. The molecule has 2 rings (SSSR count). The Labute approximate surface area is 107 Å². The Morgan fingerprint density at radius 2 is 2.24 bits per heavy atom. The van der Waals surface area contributed by atoms with E-state index in [9.17, 15) is 0 Å². The van der Waals surface area contributed by atoms with Gasteiger partial charge in [-0.3, -0.25) is 4.90 Å². The second-order valence-electron chi connectivity index (χ2n) is 5.14. The third kappa shape index (κ3) is 2.92. The Morgan fingerprint density at radius 3 is 2.88 bits per heavy atom. The zero-order valence-corrected chi connectivity index (χ0v) is 11.1. The van der Waals surface area contributed by atoms with Crippen LogP contribution in [0.1, 0.15) is 19.4 Å². The van der Waals surface area contributed by atoms with Crippen LogP contribution in [0.4, 0.5) is 5.69 Å². The summed E-state index contributed by atoms with van der Waals surface area (Å²) in [5, 5.41) is 0.620. The highest BCUT2D eigenvalue weighted by Gasteiger charge is 2.30. The average molecular weight is 255 g/mol. The number of nitrogens with zero attached hydrogens (tertiary/aromatic N) is 1. The lowest BCUT2D eigenvalue weighted by Crippen LogP contribution is -2.52. The van der Waals surface area contributed by atoms with Crippen LogP contribution in [-0.4, -0.2) is 30.2 Å². The van der Waals surface area contributed by atoms with E-state index in [2.05, 4.69) is 18.7 Å². The fourth-order valence-electron chi connectivity index (χ4n) is 2.10. The van der Waals surface area contributed by atoms with Crippen molar-refractivity contribution in [1.29, 1.82) is 0 Å². The molecule has 1 heterocycles. The maximum Gasteiger partial charge on any atom is 0.0645 e. The predicted molar refractivity (Wildman–Crippen MR) is 71.2 cm³/mol.